The molecule has 2 atom stereocenters. The molecular weight excluding hydrogens is 459 g/mol. The standard InChI is InChI=1S/C25H33FN2O5S/c1-25(2,3)33-24(30)27-22(15-18-7-5-4-6-8-18)23(29)17-28(16-19-9-10-19)34(31,32)21-13-11-20(26)12-14-21/h4-8,11-14,19,22-23,29H,9-10,15-17H2,1-3H3,(H,27,30)/t22-,23+/m0/s1. The van der Waals surface area contributed by atoms with Crippen molar-refractivity contribution in [3.8, 4) is 0 Å². The number of hydrogen-bond acceptors (Lipinski definition) is 5. The van der Waals surface area contributed by atoms with E-state index in [-0.39, 0.29) is 30.3 Å². The Morgan fingerprint density at radius 2 is 1.76 bits per heavy atom. The summed E-state index contributed by atoms with van der Waals surface area (Å²) in [5, 5.41) is 13.9. The van der Waals surface area contributed by atoms with Crippen molar-refractivity contribution in [1.82, 2.24) is 9.62 Å². The highest BCUT2D eigenvalue weighted by molar-refractivity contribution is 7.89. The summed E-state index contributed by atoms with van der Waals surface area (Å²) in [5.41, 5.74) is 0.147. The fourth-order valence-corrected chi connectivity index (χ4v) is 5.10. The van der Waals surface area contributed by atoms with E-state index in [9.17, 15) is 22.7 Å². The number of amides is 1. The van der Waals surface area contributed by atoms with Crippen LogP contribution in [0.4, 0.5) is 9.18 Å². The molecule has 1 amide bonds. The van der Waals surface area contributed by atoms with Crippen LogP contribution in [0, 0.1) is 11.7 Å². The summed E-state index contributed by atoms with van der Waals surface area (Å²) >= 11 is 0. The quantitative estimate of drug-likeness (QED) is 0.527. The van der Waals surface area contributed by atoms with Gasteiger partial charge in [-0.05, 0) is 75.8 Å². The van der Waals surface area contributed by atoms with Crippen LogP contribution in [0.5, 0.6) is 0 Å². The molecule has 0 saturated heterocycles. The normalized spacial score (nSPS) is 16.2. The number of benzene rings is 2. The molecule has 2 aromatic carbocycles. The van der Waals surface area contributed by atoms with E-state index in [0.29, 0.717) is 0 Å². The van der Waals surface area contributed by atoms with E-state index in [1.54, 1.807) is 20.8 Å². The van der Waals surface area contributed by atoms with Gasteiger partial charge in [0.25, 0.3) is 0 Å². The third-order valence-electron chi connectivity index (χ3n) is 5.47. The lowest BCUT2D eigenvalue weighted by molar-refractivity contribution is 0.0401. The van der Waals surface area contributed by atoms with Crippen molar-refractivity contribution in [3.05, 3.63) is 66.0 Å². The second kappa shape index (κ2) is 10.8. The molecule has 2 N–H and O–H groups in total. The molecule has 1 fully saturated rings. The summed E-state index contributed by atoms with van der Waals surface area (Å²) in [4.78, 5) is 12.4. The van der Waals surface area contributed by atoms with E-state index in [4.69, 9.17) is 4.74 Å². The van der Waals surface area contributed by atoms with E-state index in [1.165, 1.54) is 16.4 Å². The lowest BCUT2D eigenvalue weighted by Crippen LogP contribution is -2.51. The first kappa shape index (κ1) is 26.1. The van der Waals surface area contributed by atoms with Gasteiger partial charge >= 0.3 is 6.09 Å². The van der Waals surface area contributed by atoms with E-state index >= 15 is 0 Å². The molecule has 0 bridgehead atoms. The maximum atomic E-state index is 13.4. The molecule has 0 spiro atoms. The van der Waals surface area contributed by atoms with Gasteiger partial charge in [0.15, 0.2) is 0 Å². The van der Waals surface area contributed by atoms with Crippen molar-refractivity contribution in [1.29, 1.82) is 0 Å². The molecular formula is C25H33FN2O5S. The molecule has 2 aromatic rings. The fraction of sp³-hybridized carbons (Fsp3) is 0.480. The topological polar surface area (TPSA) is 95.9 Å². The molecule has 0 unspecified atom stereocenters. The van der Waals surface area contributed by atoms with Crippen LogP contribution in [0.15, 0.2) is 59.5 Å². The van der Waals surface area contributed by atoms with Crippen LogP contribution in [0.25, 0.3) is 0 Å². The molecule has 0 heterocycles. The number of carbonyl (C=O) groups is 1. The van der Waals surface area contributed by atoms with Crippen molar-refractivity contribution < 1.29 is 27.4 Å². The molecule has 0 aliphatic heterocycles. The van der Waals surface area contributed by atoms with Gasteiger partial charge in [0.1, 0.15) is 11.4 Å². The Kier molecular flexibility index (Phi) is 8.33. The highest BCUT2D eigenvalue weighted by atomic mass is 32.2. The number of alkyl carbamates (subject to hydrolysis) is 1. The number of hydrogen-bond donors (Lipinski definition) is 2. The first-order valence-electron chi connectivity index (χ1n) is 11.4. The van der Waals surface area contributed by atoms with Gasteiger partial charge in [-0.1, -0.05) is 30.3 Å². The SMILES string of the molecule is CC(C)(C)OC(=O)N[C@@H](Cc1ccccc1)[C@H](O)CN(CC1CC1)S(=O)(=O)c1ccc(F)cc1. The Hall–Kier alpha value is -2.49. The first-order chi connectivity index (χ1) is 15.9. The van der Waals surface area contributed by atoms with Gasteiger partial charge in [0, 0.05) is 13.1 Å². The Labute approximate surface area is 201 Å². The zero-order chi connectivity index (χ0) is 24.9. The minimum absolute atomic E-state index is 0.0403. The predicted octanol–water partition coefficient (Wildman–Crippen LogP) is 3.72. The summed E-state index contributed by atoms with van der Waals surface area (Å²) in [6.07, 6.45) is 0.212. The first-order valence-corrected chi connectivity index (χ1v) is 12.9. The van der Waals surface area contributed by atoms with Gasteiger partial charge in [0.2, 0.25) is 10.0 Å². The van der Waals surface area contributed by atoms with Crippen LogP contribution in [0.3, 0.4) is 0 Å². The maximum absolute atomic E-state index is 13.4. The van der Waals surface area contributed by atoms with Gasteiger partial charge in [-0.25, -0.2) is 17.6 Å². The maximum Gasteiger partial charge on any atom is 0.407 e. The Balaban J connectivity index is 1.82. The summed E-state index contributed by atoms with van der Waals surface area (Å²) in [6, 6.07) is 13.2. The van der Waals surface area contributed by atoms with Crippen LogP contribution < -0.4 is 5.32 Å². The molecule has 1 saturated carbocycles. The Morgan fingerprint density at radius 1 is 1.15 bits per heavy atom. The second-order valence-electron chi connectivity index (χ2n) is 9.73. The Bertz CT molecular complexity index is 1050. The van der Waals surface area contributed by atoms with Crippen molar-refractivity contribution in [2.45, 2.75) is 62.7 Å². The highest BCUT2D eigenvalue weighted by Gasteiger charge is 2.35. The number of ether oxygens (including phenoxy) is 1. The zero-order valence-corrected chi connectivity index (χ0v) is 20.6. The van der Waals surface area contributed by atoms with E-state index in [0.717, 1.165) is 30.5 Å². The smallest absolute Gasteiger partial charge is 0.407 e. The minimum atomic E-state index is -3.97. The number of nitrogens with zero attached hydrogens (tertiary/aromatic N) is 1. The summed E-state index contributed by atoms with van der Waals surface area (Å²) in [7, 11) is -3.97. The van der Waals surface area contributed by atoms with Crippen LogP contribution in [-0.4, -0.2) is 54.8 Å². The van der Waals surface area contributed by atoms with Crippen molar-refractivity contribution in [2.75, 3.05) is 13.1 Å². The molecule has 9 heteroatoms. The molecule has 3 rings (SSSR count). The van der Waals surface area contributed by atoms with Gasteiger partial charge < -0.3 is 15.2 Å². The molecule has 0 aromatic heterocycles. The summed E-state index contributed by atoms with van der Waals surface area (Å²) in [6.45, 7) is 5.25. The molecule has 1 aliphatic carbocycles. The number of halogens is 1. The second-order valence-corrected chi connectivity index (χ2v) is 11.7. The average molecular weight is 493 g/mol. The van der Waals surface area contributed by atoms with E-state index in [1.807, 2.05) is 30.3 Å². The third-order valence-corrected chi connectivity index (χ3v) is 7.31. The molecule has 0 radical (unpaired) electrons. The van der Waals surface area contributed by atoms with Gasteiger partial charge in [-0.15, -0.1) is 0 Å². The summed E-state index contributed by atoms with van der Waals surface area (Å²) < 4.78 is 46.6. The van der Waals surface area contributed by atoms with Gasteiger partial charge in [-0.3, -0.25) is 0 Å². The molecule has 7 nitrogen and oxygen atoms in total. The Morgan fingerprint density at radius 3 is 2.32 bits per heavy atom. The largest absolute Gasteiger partial charge is 0.444 e. The van der Waals surface area contributed by atoms with Gasteiger partial charge in [0.05, 0.1) is 17.0 Å². The molecule has 34 heavy (non-hydrogen) atoms. The number of nitrogens with one attached hydrogen (secondary N) is 1. The fourth-order valence-electron chi connectivity index (χ4n) is 3.56. The summed E-state index contributed by atoms with van der Waals surface area (Å²) in [5.74, 6) is -0.314. The number of sulfonamides is 1. The lowest BCUT2D eigenvalue weighted by atomic mass is 10.0. The van der Waals surface area contributed by atoms with Crippen LogP contribution in [-0.2, 0) is 21.2 Å². The van der Waals surface area contributed by atoms with Crippen LogP contribution >= 0.6 is 0 Å². The van der Waals surface area contributed by atoms with Crippen molar-refractivity contribution in [2.24, 2.45) is 5.92 Å². The minimum Gasteiger partial charge on any atom is -0.444 e. The van der Waals surface area contributed by atoms with Crippen LogP contribution in [0.2, 0.25) is 0 Å². The monoisotopic (exact) mass is 492 g/mol. The number of aliphatic hydroxyl groups is 1. The number of rotatable bonds is 10. The van der Waals surface area contributed by atoms with Crippen molar-refractivity contribution >= 4 is 16.1 Å². The van der Waals surface area contributed by atoms with Crippen LogP contribution in [0.1, 0.15) is 39.2 Å². The molecule has 186 valence electrons. The predicted molar refractivity (Wildman–Crippen MR) is 127 cm³/mol. The van der Waals surface area contributed by atoms with E-state index in [2.05, 4.69) is 5.32 Å². The lowest BCUT2D eigenvalue weighted by Gasteiger charge is -2.30. The average Bonchev–Trinajstić information content (AvgIpc) is 3.56. The third kappa shape index (κ3) is 7.78. The van der Waals surface area contributed by atoms with E-state index < -0.39 is 39.7 Å². The highest BCUT2D eigenvalue weighted by Crippen LogP contribution is 2.32. The number of aliphatic hydroxyl groups excluding tert-OH is 1. The van der Waals surface area contributed by atoms with Crippen molar-refractivity contribution in [3.63, 3.8) is 0 Å². The molecule has 1 aliphatic rings. The van der Waals surface area contributed by atoms with Gasteiger partial charge in [-0.2, -0.15) is 4.31 Å². The number of carbonyl (C=O) groups excluding carboxylic acids is 1. The zero-order valence-electron chi connectivity index (χ0n) is 19.8.